The van der Waals surface area contributed by atoms with Crippen molar-refractivity contribution in [3.8, 4) is 11.6 Å². The minimum atomic E-state index is 0.206. The van der Waals surface area contributed by atoms with Gasteiger partial charge in [0.25, 0.3) is 0 Å². The van der Waals surface area contributed by atoms with Crippen molar-refractivity contribution in [2.45, 2.75) is 0 Å². The molecular weight excluding hydrogens is 214 g/mol. The van der Waals surface area contributed by atoms with Crippen LogP contribution in [0.15, 0.2) is 36.7 Å². The Morgan fingerprint density at radius 1 is 1.13 bits per heavy atom. The Kier molecular flexibility index (Phi) is 2.69. The van der Waals surface area contributed by atoms with Gasteiger partial charge in [-0.25, -0.2) is 4.98 Å². The highest BCUT2D eigenvalue weighted by molar-refractivity contribution is 6.34. The van der Waals surface area contributed by atoms with Crippen LogP contribution in [0.1, 0.15) is 0 Å². The molecule has 2 aromatic rings. The van der Waals surface area contributed by atoms with E-state index in [2.05, 4.69) is 9.97 Å². The molecule has 0 saturated heterocycles. The number of nitrogen functional groups attached to an aromatic ring is 1. The molecule has 76 valence electrons. The summed E-state index contributed by atoms with van der Waals surface area (Å²) in [6.07, 6.45) is 1.31. The van der Waals surface area contributed by atoms with E-state index in [0.29, 0.717) is 5.75 Å². The van der Waals surface area contributed by atoms with Crippen molar-refractivity contribution in [2.24, 2.45) is 0 Å². The van der Waals surface area contributed by atoms with Crippen molar-refractivity contribution in [1.29, 1.82) is 0 Å². The first kappa shape index (κ1) is 9.73. The van der Waals surface area contributed by atoms with E-state index in [1.807, 2.05) is 18.2 Å². The molecule has 2 rings (SSSR count). The number of hydrogen-bond acceptors (Lipinski definition) is 4. The topological polar surface area (TPSA) is 61.0 Å². The number of nitrogens with zero attached hydrogens (tertiary/aromatic N) is 2. The fourth-order valence-corrected chi connectivity index (χ4v) is 1.17. The van der Waals surface area contributed by atoms with Gasteiger partial charge in [-0.3, -0.25) is 0 Å². The van der Waals surface area contributed by atoms with Crippen LogP contribution in [-0.2, 0) is 0 Å². The minimum Gasteiger partial charge on any atom is -0.437 e. The highest BCUT2D eigenvalue weighted by Gasteiger charge is 2.08. The number of hydrogen-bond donors (Lipinski definition) is 1. The number of rotatable bonds is 2. The normalized spacial score (nSPS) is 9.93. The Bertz CT molecular complexity index is 461. The summed E-state index contributed by atoms with van der Waals surface area (Å²) in [7, 11) is 0. The van der Waals surface area contributed by atoms with E-state index in [4.69, 9.17) is 22.1 Å². The molecule has 0 bridgehead atoms. The number of para-hydroxylation sites is 1. The summed E-state index contributed by atoms with van der Waals surface area (Å²) >= 11 is 5.87. The van der Waals surface area contributed by atoms with E-state index in [1.165, 1.54) is 6.33 Å². The van der Waals surface area contributed by atoms with E-state index >= 15 is 0 Å². The molecule has 1 heterocycles. The van der Waals surface area contributed by atoms with Gasteiger partial charge in [0.05, 0.1) is 0 Å². The molecule has 0 aliphatic carbocycles. The van der Waals surface area contributed by atoms with Crippen molar-refractivity contribution in [3.05, 3.63) is 41.7 Å². The van der Waals surface area contributed by atoms with Crippen LogP contribution in [0, 0.1) is 0 Å². The Morgan fingerprint density at radius 3 is 2.60 bits per heavy atom. The first-order valence-corrected chi connectivity index (χ1v) is 4.64. The van der Waals surface area contributed by atoms with Gasteiger partial charge in [0.1, 0.15) is 22.9 Å². The third kappa shape index (κ3) is 2.16. The van der Waals surface area contributed by atoms with Gasteiger partial charge in [-0.05, 0) is 12.1 Å². The summed E-state index contributed by atoms with van der Waals surface area (Å²) in [6, 6.07) is 9.20. The zero-order chi connectivity index (χ0) is 10.7. The molecule has 1 aromatic heterocycles. The fraction of sp³-hybridized carbons (Fsp3) is 0. The van der Waals surface area contributed by atoms with E-state index in [9.17, 15) is 0 Å². The summed E-state index contributed by atoms with van der Waals surface area (Å²) in [4.78, 5) is 7.62. The van der Waals surface area contributed by atoms with Crippen LogP contribution in [0.5, 0.6) is 11.6 Å². The average Bonchev–Trinajstić information content (AvgIpc) is 2.26. The summed E-state index contributed by atoms with van der Waals surface area (Å²) in [5, 5.41) is 0.223. The first-order valence-electron chi connectivity index (χ1n) is 4.26. The van der Waals surface area contributed by atoms with Gasteiger partial charge in [0.2, 0.25) is 5.88 Å². The van der Waals surface area contributed by atoms with Crippen LogP contribution in [0.25, 0.3) is 0 Å². The molecule has 0 aliphatic heterocycles. The Balaban J connectivity index is 2.29. The molecule has 1 aromatic carbocycles. The van der Waals surface area contributed by atoms with Crippen LogP contribution < -0.4 is 10.5 Å². The van der Waals surface area contributed by atoms with Crippen molar-refractivity contribution in [2.75, 3.05) is 5.73 Å². The van der Waals surface area contributed by atoms with Gasteiger partial charge in [0.15, 0.2) is 0 Å². The maximum Gasteiger partial charge on any atom is 0.243 e. The monoisotopic (exact) mass is 221 g/mol. The predicted molar refractivity (Wildman–Crippen MR) is 58.0 cm³/mol. The second kappa shape index (κ2) is 4.14. The number of nitrogens with two attached hydrogens (primary N) is 1. The largest absolute Gasteiger partial charge is 0.437 e. The summed E-state index contributed by atoms with van der Waals surface area (Å²) in [5.74, 6) is 1.12. The fourth-order valence-electron chi connectivity index (χ4n) is 1.04. The van der Waals surface area contributed by atoms with E-state index in [-0.39, 0.29) is 16.7 Å². The van der Waals surface area contributed by atoms with Gasteiger partial charge >= 0.3 is 0 Å². The van der Waals surface area contributed by atoms with Crippen LogP contribution >= 0.6 is 11.6 Å². The molecule has 5 heteroatoms. The number of ether oxygens (including phenoxy) is 1. The molecular formula is C10H8ClN3O. The van der Waals surface area contributed by atoms with Crippen LogP contribution in [-0.4, -0.2) is 9.97 Å². The number of benzene rings is 1. The summed E-state index contributed by atoms with van der Waals surface area (Å²) in [5.41, 5.74) is 5.51. The zero-order valence-corrected chi connectivity index (χ0v) is 8.48. The standard InChI is InChI=1S/C10H8ClN3O/c11-8-9(12)13-6-14-10(8)15-7-4-2-1-3-5-7/h1-6H,(H2,12,13,14). The molecule has 0 fully saturated rings. The number of aromatic nitrogens is 2. The molecule has 2 N–H and O–H groups in total. The maximum atomic E-state index is 5.87. The van der Waals surface area contributed by atoms with Gasteiger partial charge < -0.3 is 10.5 Å². The SMILES string of the molecule is Nc1ncnc(Oc2ccccc2)c1Cl. The number of anilines is 1. The molecule has 0 saturated carbocycles. The summed E-state index contributed by atoms with van der Waals surface area (Å²) in [6.45, 7) is 0. The van der Waals surface area contributed by atoms with Crippen molar-refractivity contribution < 1.29 is 4.74 Å². The first-order chi connectivity index (χ1) is 7.27. The quantitative estimate of drug-likeness (QED) is 0.847. The smallest absolute Gasteiger partial charge is 0.243 e. The average molecular weight is 222 g/mol. The van der Waals surface area contributed by atoms with E-state index in [1.54, 1.807) is 12.1 Å². The molecule has 0 spiro atoms. The molecule has 0 radical (unpaired) electrons. The van der Waals surface area contributed by atoms with Crippen molar-refractivity contribution in [3.63, 3.8) is 0 Å². The van der Waals surface area contributed by atoms with Crippen LogP contribution in [0.2, 0.25) is 5.02 Å². The molecule has 0 atom stereocenters. The molecule has 4 nitrogen and oxygen atoms in total. The lowest BCUT2D eigenvalue weighted by Crippen LogP contribution is -1.96. The third-order valence-corrected chi connectivity index (χ3v) is 2.10. The van der Waals surface area contributed by atoms with Crippen molar-refractivity contribution >= 4 is 17.4 Å². The lowest BCUT2D eigenvalue weighted by molar-refractivity contribution is 0.462. The second-order valence-electron chi connectivity index (χ2n) is 2.79. The predicted octanol–water partition coefficient (Wildman–Crippen LogP) is 2.50. The lowest BCUT2D eigenvalue weighted by atomic mass is 10.3. The highest BCUT2D eigenvalue weighted by Crippen LogP contribution is 2.29. The Labute approximate surface area is 91.7 Å². The van der Waals surface area contributed by atoms with Crippen LogP contribution in [0.4, 0.5) is 5.82 Å². The second-order valence-corrected chi connectivity index (χ2v) is 3.17. The van der Waals surface area contributed by atoms with Gasteiger partial charge in [-0.1, -0.05) is 29.8 Å². The molecule has 0 aliphatic rings. The van der Waals surface area contributed by atoms with Crippen LogP contribution in [0.3, 0.4) is 0 Å². The zero-order valence-electron chi connectivity index (χ0n) is 7.72. The Morgan fingerprint density at radius 2 is 1.87 bits per heavy atom. The highest BCUT2D eigenvalue weighted by atomic mass is 35.5. The Hall–Kier alpha value is -1.81. The van der Waals surface area contributed by atoms with E-state index < -0.39 is 0 Å². The van der Waals surface area contributed by atoms with Gasteiger partial charge in [-0.15, -0.1) is 0 Å². The summed E-state index contributed by atoms with van der Waals surface area (Å²) < 4.78 is 5.43. The number of halogens is 1. The van der Waals surface area contributed by atoms with Crippen molar-refractivity contribution in [1.82, 2.24) is 9.97 Å². The third-order valence-electron chi connectivity index (χ3n) is 1.74. The molecule has 0 unspecified atom stereocenters. The molecule has 0 amide bonds. The van der Waals surface area contributed by atoms with Gasteiger partial charge in [-0.2, -0.15) is 4.98 Å². The lowest BCUT2D eigenvalue weighted by Gasteiger charge is -2.06. The van der Waals surface area contributed by atoms with E-state index in [0.717, 1.165) is 0 Å². The maximum absolute atomic E-state index is 5.87. The van der Waals surface area contributed by atoms with Gasteiger partial charge in [0, 0.05) is 0 Å². The molecule has 15 heavy (non-hydrogen) atoms. The minimum absolute atomic E-state index is 0.206.